The topological polar surface area (TPSA) is 82.4 Å². The molecule has 0 bridgehead atoms. The van der Waals surface area contributed by atoms with E-state index in [9.17, 15) is 14.7 Å². The Morgan fingerprint density at radius 3 is 2.47 bits per heavy atom. The van der Waals surface area contributed by atoms with Crippen molar-refractivity contribution in [3.8, 4) is 0 Å². The first-order valence-corrected chi connectivity index (χ1v) is 6.53. The van der Waals surface area contributed by atoms with E-state index in [1.54, 1.807) is 6.07 Å². The van der Waals surface area contributed by atoms with Crippen LogP contribution in [0.2, 0.25) is 0 Å². The van der Waals surface area contributed by atoms with Gasteiger partial charge < -0.3 is 24.1 Å². The number of furan rings is 1. The minimum atomic E-state index is -1.20. The molecule has 1 rings (SSSR count). The molecular formula is C12H17BrN2O4. The molecule has 7 heteroatoms. The van der Waals surface area contributed by atoms with Crippen molar-refractivity contribution in [2.75, 3.05) is 27.7 Å². The number of carboxylic acids is 1. The SMILES string of the molecule is C[N+](C)(C)C[C@@H](CC(=O)[O-])NC(=O)c1ccc(Br)o1. The molecule has 0 fully saturated rings. The molecule has 6 nitrogen and oxygen atoms in total. The largest absolute Gasteiger partial charge is 0.550 e. The fourth-order valence-corrected chi connectivity index (χ4v) is 2.02. The van der Waals surface area contributed by atoms with Gasteiger partial charge in [-0.15, -0.1) is 0 Å². The van der Waals surface area contributed by atoms with E-state index in [-0.39, 0.29) is 12.2 Å². The van der Waals surface area contributed by atoms with Crippen molar-refractivity contribution in [3.05, 3.63) is 22.6 Å². The number of halogens is 1. The van der Waals surface area contributed by atoms with Crippen LogP contribution in [0, 0.1) is 0 Å². The number of hydrogen-bond donors (Lipinski definition) is 1. The zero-order valence-electron chi connectivity index (χ0n) is 11.1. The van der Waals surface area contributed by atoms with Gasteiger partial charge in [-0.3, -0.25) is 4.79 Å². The van der Waals surface area contributed by atoms with Crippen molar-refractivity contribution in [3.63, 3.8) is 0 Å². The zero-order valence-corrected chi connectivity index (χ0v) is 12.7. The zero-order chi connectivity index (χ0) is 14.6. The van der Waals surface area contributed by atoms with Gasteiger partial charge in [-0.2, -0.15) is 0 Å². The highest BCUT2D eigenvalue weighted by Crippen LogP contribution is 2.14. The van der Waals surface area contributed by atoms with E-state index in [1.165, 1.54) is 6.07 Å². The van der Waals surface area contributed by atoms with Crippen molar-refractivity contribution < 1.29 is 23.6 Å². The summed E-state index contributed by atoms with van der Waals surface area (Å²) in [5, 5.41) is 13.4. The van der Waals surface area contributed by atoms with E-state index in [0.29, 0.717) is 15.7 Å². The minimum absolute atomic E-state index is 0.136. The van der Waals surface area contributed by atoms with Crippen LogP contribution in [0.4, 0.5) is 0 Å². The molecule has 0 unspecified atom stereocenters. The lowest BCUT2D eigenvalue weighted by Crippen LogP contribution is -2.50. The molecule has 0 aromatic carbocycles. The van der Waals surface area contributed by atoms with E-state index in [0.717, 1.165) is 0 Å². The second kappa shape index (κ2) is 6.21. The number of quaternary nitrogens is 1. The lowest BCUT2D eigenvalue weighted by Gasteiger charge is -2.29. The van der Waals surface area contributed by atoms with Gasteiger partial charge in [0, 0.05) is 12.4 Å². The molecule has 0 saturated carbocycles. The predicted molar refractivity (Wildman–Crippen MR) is 70.2 cm³/mol. The van der Waals surface area contributed by atoms with E-state index in [1.807, 2.05) is 21.1 Å². The second-order valence-corrected chi connectivity index (χ2v) is 6.10. The number of nitrogens with one attached hydrogen (secondary N) is 1. The molecule has 1 aromatic rings. The molecule has 106 valence electrons. The number of hydrogen-bond acceptors (Lipinski definition) is 4. The molecule has 0 spiro atoms. The van der Waals surface area contributed by atoms with Crippen LogP contribution in [0.5, 0.6) is 0 Å². The van der Waals surface area contributed by atoms with Gasteiger partial charge in [0.1, 0.15) is 0 Å². The maximum absolute atomic E-state index is 11.9. The van der Waals surface area contributed by atoms with Gasteiger partial charge in [0.15, 0.2) is 10.4 Å². The number of carboxylic acid groups (broad SMARTS) is 1. The minimum Gasteiger partial charge on any atom is -0.550 e. The normalized spacial score (nSPS) is 13.1. The third kappa shape index (κ3) is 5.89. The Labute approximate surface area is 120 Å². The molecular weight excluding hydrogens is 316 g/mol. The quantitative estimate of drug-likeness (QED) is 0.742. The number of likely N-dealkylation sites (N-methyl/N-ethyl adjacent to an activating group) is 1. The summed E-state index contributed by atoms with van der Waals surface area (Å²) < 4.78 is 6.09. The van der Waals surface area contributed by atoms with Crippen LogP contribution in [0.25, 0.3) is 0 Å². The molecule has 0 radical (unpaired) electrons. The molecule has 0 aliphatic carbocycles. The van der Waals surface area contributed by atoms with E-state index < -0.39 is 17.9 Å². The third-order valence-corrected chi connectivity index (χ3v) is 2.74. The number of amides is 1. The van der Waals surface area contributed by atoms with Crippen molar-refractivity contribution >= 4 is 27.8 Å². The summed E-state index contributed by atoms with van der Waals surface area (Å²) in [6.07, 6.45) is -0.233. The Bertz CT molecular complexity index is 465. The summed E-state index contributed by atoms with van der Waals surface area (Å²) in [7, 11) is 5.74. The molecule has 0 aliphatic rings. The van der Waals surface area contributed by atoms with E-state index in [4.69, 9.17) is 4.42 Å². The van der Waals surface area contributed by atoms with Gasteiger partial charge in [0.2, 0.25) is 0 Å². The summed E-state index contributed by atoms with van der Waals surface area (Å²) in [5.74, 6) is -1.50. The van der Waals surface area contributed by atoms with Crippen molar-refractivity contribution in [2.45, 2.75) is 12.5 Å². The monoisotopic (exact) mass is 332 g/mol. The lowest BCUT2D eigenvalue weighted by molar-refractivity contribution is -0.871. The van der Waals surface area contributed by atoms with Crippen LogP contribution in [-0.2, 0) is 4.79 Å². The fourth-order valence-electron chi connectivity index (χ4n) is 1.72. The molecule has 0 aliphatic heterocycles. The van der Waals surface area contributed by atoms with Gasteiger partial charge in [0.25, 0.3) is 5.91 Å². The second-order valence-electron chi connectivity index (χ2n) is 5.32. The summed E-state index contributed by atoms with van der Waals surface area (Å²) in [6, 6.07) is 2.60. The van der Waals surface area contributed by atoms with Crippen molar-refractivity contribution in [1.82, 2.24) is 5.32 Å². The number of nitrogens with zero attached hydrogens (tertiary/aromatic N) is 1. The van der Waals surface area contributed by atoms with Crippen LogP contribution >= 0.6 is 15.9 Å². The van der Waals surface area contributed by atoms with Crippen LogP contribution in [-0.4, -0.2) is 50.1 Å². The Morgan fingerprint density at radius 2 is 2.05 bits per heavy atom. The number of aliphatic carboxylic acids is 1. The van der Waals surface area contributed by atoms with Crippen LogP contribution in [0.15, 0.2) is 21.2 Å². The van der Waals surface area contributed by atoms with E-state index in [2.05, 4.69) is 21.2 Å². The Hall–Kier alpha value is -1.34. The average molecular weight is 333 g/mol. The summed E-state index contributed by atoms with van der Waals surface area (Å²) in [5.41, 5.74) is 0. The average Bonchev–Trinajstić information content (AvgIpc) is 2.60. The first-order chi connectivity index (χ1) is 8.67. The summed E-state index contributed by atoms with van der Waals surface area (Å²) in [6.45, 7) is 0.474. The van der Waals surface area contributed by atoms with Crippen molar-refractivity contribution in [1.29, 1.82) is 0 Å². The van der Waals surface area contributed by atoms with Gasteiger partial charge in [-0.05, 0) is 28.1 Å². The number of rotatable bonds is 6. The molecule has 1 N–H and O–H groups in total. The molecule has 1 aromatic heterocycles. The van der Waals surface area contributed by atoms with Gasteiger partial charge in [0.05, 0.1) is 33.7 Å². The van der Waals surface area contributed by atoms with Gasteiger partial charge in [-0.1, -0.05) is 0 Å². The number of carbonyl (C=O) groups excluding carboxylic acids is 2. The first kappa shape index (κ1) is 15.7. The molecule has 0 saturated heterocycles. The summed E-state index contributed by atoms with van der Waals surface area (Å²) >= 11 is 3.10. The van der Waals surface area contributed by atoms with Crippen LogP contribution < -0.4 is 10.4 Å². The highest BCUT2D eigenvalue weighted by atomic mass is 79.9. The first-order valence-electron chi connectivity index (χ1n) is 5.74. The summed E-state index contributed by atoms with van der Waals surface area (Å²) in [4.78, 5) is 22.6. The molecule has 1 atom stereocenters. The van der Waals surface area contributed by atoms with Crippen LogP contribution in [0.1, 0.15) is 17.0 Å². The smallest absolute Gasteiger partial charge is 0.287 e. The Kier molecular flexibility index (Phi) is 5.13. The van der Waals surface area contributed by atoms with Crippen molar-refractivity contribution in [2.24, 2.45) is 0 Å². The standard InChI is InChI=1S/C12H17BrN2O4/c1-15(2,3)7-8(6-11(16)17)14-12(18)9-4-5-10(13)19-9/h4-5,8H,6-7H2,1-3H3,(H-,14,16,17,18)/t8-/m1/s1. The molecule has 1 heterocycles. The predicted octanol–water partition coefficient (Wildman–Crippen LogP) is -0.0133. The third-order valence-electron chi connectivity index (χ3n) is 2.31. The Morgan fingerprint density at radius 1 is 1.42 bits per heavy atom. The molecule has 1 amide bonds. The molecule has 19 heavy (non-hydrogen) atoms. The number of carbonyl (C=O) groups is 2. The lowest BCUT2D eigenvalue weighted by atomic mass is 10.2. The highest BCUT2D eigenvalue weighted by molar-refractivity contribution is 9.10. The Balaban J connectivity index is 2.71. The van der Waals surface area contributed by atoms with Gasteiger partial charge >= 0.3 is 0 Å². The maximum atomic E-state index is 11.9. The maximum Gasteiger partial charge on any atom is 0.287 e. The van der Waals surface area contributed by atoms with E-state index >= 15 is 0 Å². The highest BCUT2D eigenvalue weighted by Gasteiger charge is 2.22. The van der Waals surface area contributed by atoms with Crippen LogP contribution in [0.3, 0.4) is 0 Å². The fraction of sp³-hybridized carbons (Fsp3) is 0.500. The van der Waals surface area contributed by atoms with Gasteiger partial charge in [-0.25, -0.2) is 0 Å².